The second-order valence-corrected chi connectivity index (χ2v) is 7.29. The molecule has 3 heterocycles. The number of carbonyl (C=O) groups is 1. The van der Waals surface area contributed by atoms with E-state index in [0.29, 0.717) is 12.6 Å². The maximum absolute atomic E-state index is 12.7. The molecule has 23 heavy (non-hydrogen) atoms. The monoisotopic (exact) mass is 324 g/mol. The van der Waals surface area contributed by atoms with Crippen LogP contribution in [0.3, 0.4) is 0 Å². The second kappa shape index (κ2) is 8.45. The van der Waals surface area contributed by atoms with Gasteiger partial charge in [0.15, 0.2) is 0 Å². The molecule has 0 aromatic carbocycles. The molecule has 3 saturated heterocycles. The number of nitrogens with zero attached hydrogens (tertiary/aromatic N) is 2. The number of ether oxygens (including phenoxy) is 2. The molecule has 0 aliphatic carbocycles. The summed E-state index contributed by atoms with van der Waals surface area (Å²) >= 11 is 0. The Labute approximate surface area is 140 Å². The van der Waals surface area contributed by atoms with Crippen molar-refractivity contribution < 1.29 is 14.3 Å². The molecule has 3 atom stereocenters. The largest absolute Gasteiger partial charge is 0.376 e. The number of rotatable bonds is 5. The summed E-state index contributed by atoms with van der Waals surface area (Å²) < 4.78 is 11.5. The highest BCUT2D eigenvalue weighted by Gasteiger charge is 2.31. The minimum Gasteiger partial charge on any atom is -0.376 e. The van der Waals surface area contributed by atoms with Crippen molar-refractivity contribution >= 4 is 5.91 Å². The summed E-state index contributed by atoms with van der Waals surface area (Å²) in [5.41, 5.74) is 0. The van der Waals surface area contributed by atoms with Gasteiger partial charge in [-0.25, -0.2) is 0 Å². The molecular formula is C18H32N2O3. The first-order chi connectivity index (χ1) is 11.2. The molecule has 0 aromatic rings. The molecule has 0 radical (unpaired) electrons. The average Bonchev–Trinajstić information content (AvgIpc) is 3.15. The molecule has 3 aliphatic heterocycles. The minimum absolute atomic E-state index is 0.157. The zero-order chi connectivity index (χ0) is 16.1. The van der Waals surface area contributed by atoms with Gasteiger partial charge in [-0.3, -0.25) is 9.69 Å². The zero-order valence-electron chi connectivity index (χ0n) is 14.5. The van der Waals surface area contributed by atoms with Crippen molar-refractivity contribution in [2.24, 2.45) is 0 Å². The summed E-state index contributed by atoms with van der Waals surface area (Å²) in [6.45, 7) is 7.46. The fourth-order valence-electron chi connectivity index (χ4n) is 4.08. The maximum Gasteiger partial charge on any atom is 0.251 e. The SMILES string of the molecule is C[C@H](OC[C@H]1CCCCO1)C(=O)N1CCC[C@H](N2CCCC2)C1. The van der Waals surface area contributed by atoms with Crippen LogP contribution in [-0.4, -0.2) is 73.3 Å². The van der Waals surface area contributed by atoms with Crippen LogP contribution in [0.25, 0.3) is 0 Å². The van der Waals surface area contributed by atoms with Gasteiger partial charge in [0.2, 0.25) is 0 Å². The van der Waals surface area contributed by atoms with Gasteiger partial charge in [-0.15, -0.1) is 0 Å². The number of carbonyl (C=O) groups excluding carboxylic acids is 1. The van der Waals surface area contributed by atoms with Crippen LogP contribution >= 0.6 is 0 Å². The molecule has 3 aliphatic rings. The highest BCUT2D eigenvalue weighted by Crippen LogP contribution is 2.21. The Morgan fingerprint density at radius 1 is 1.13 bits per heavy atom. The Balaban J connectivity index is 1.44. The molecule has 0 bridgehead atoms. The zero-order valence-corrected chi connectivity index (χ0v) is 14.5. The molecule has 0 aromatic heterocycles. The van der Waals surface area contributed by atoms with E-state index in [1.165, 1.54) is 38.8 Å². The number of piperidine rings is 1. The Morgan fingerprint density at radius 2 is 1.96 bits per heavy atom. The van der Waals surface area contributed by atoms with Crippen LogP contribution in [0.15, 0.2) is 0 Å². The molecule has 5 nitrogen and oxygen atoms in total. The van der Waals surface area contributed by atoms with Crippen molar-refractivity contribution in [3.63, 3.8) is 0 Å². The fourth-order valence-corrected chi connectivity index (χ4v) is 4.08. The summed E-state index contributed by atoms with van der Waals surface area (Å²) in [6.07, 6.45) is 8.21. The average molecular weight is 324 g/mol. The summed E-state index contributed by atoms with van der Waals surface area (Å²) in [5.74, 6) is 0.157. The second-order valence-electron chi connectivity index (χ2n) is 7.29. The third-order valence-corrected chi connectivity index (χ3v) is 5.52. The molecule has 0 N–H and O–H groups in total. The van der Waals surface area contributed by atoms with Crippen LogP contribution in [0.1, 0.15) is 51.9 Å². The van der Waals surface area contributed by atoms with Crippen molar-refractivity contribution in [3.05, 3.63) is 0 Å². The van der Waals surface area contributed by atoms with Gasteiger partial charge in [0, 0.05) is 25.7 Å². The molecule has 0 spiro atoms. The molecule has 5 heteroatoms. The first-order valence-corrected chi connectivity index (χ1v) is 9.50. The molecule has 0 saturated carbocycles. The van der Waals surface area contributed by atoms with Crippen LogP contribution in [-0.2, 0) is 14.3 Å². The van der Waals surface area contributed by atoms with E-state index in [4.69, 9.17) is 9.47 Å². The Hall–Kier alpha value is -0.650. The number of hydrogen-bond donors (Lipinski definition) is 0. The van der Waals surface area contributed by atoms with Gasteiger partial charge < -0.3 is 14.4 Å². The van der Waals surface area contributed by atoms with E-state index in [0.717, 1.165) is 39.0 Å². The van der Waals surface area contributed by atoms with E-state index in [-0.39, 0.29) is 18.1 Å². The van der Waals surface area contributed by atoms with E-state index >= 15 is 0 Å². The van der Waals surface area contributed by atoms with E-state index in [9.17, 15) is 4.79 Å². The third kappa shape index (κ3) is 4.68. The highest BCUT2D eigenvalue weighted by molar-refractivity contribution is 5.80. The Bertz CT molecular complexity index is 378. The number of likely N-dealkylation sites (tertiary alicyclic amines) is 2. The van der Waals surface area contributed by atoms with Crippen LogP contribution < -0.4 is 0 Å². The molecule has 1 amide bonds. The van der Waals surface area contributed by atoms with E-state index in [1.807, 2.05) is 11.8 Å². The van der Waals surface area contributed by atoms with E-state index < -0.39 is 0 Å². The summed E-state index contributed by atoms with van der Waals surface area (Å²) in [7, 11) is 0. The van der Waals surface area contributed by atoms with Crippen molar-refractivity contribution in [1.82, 2.24) is 9.80 Å². The van der Waals surface area contributed by atoms with Gasteiger partial charge in [-0.1, -0.05) is 0 Å². The quantitative estimate of drug-likeness (QED) is 0.776. The van der Waals surface area contributed by atoms with Crippen LogP contribution in [0.2, 0.25) is 0 Å². The van der Waals surface area contributed by atoms with Crippen LogP contribution in [0.4, 0.5) is 0 Å². The summed E-state index contributed by atoms with van der Waals surface area (Å²) in [4.78, 5) is 17.3. The smallest absolute Gasteiger partial charge is 0.251 e. The maximum atomic E-state index is 12.7. The Kier molecular flexibility index (Phi) is 6.31. The normalized spacial score (nSPS) is 31.3. The number of hydrogen-bond acceptors (Lipinski definition) is 4. The lowest BCUT2D eigenvalue weighted by Gasteiger charge is -2.38. The lowest BCUT2D eigenvalue weighted by molar-refractivity contribution is -0.148. The van der Waals surface area contributed by atoms with Gasteiger partial charge in [0.1, 0.15) is 6.10 Å². The molecular weight excluding hydrogens is 292 g/mol. The van der Waals surface area contributed by atoms with E-state index in [2.05, 4.69) is 4.90 Å². The van der Waals surface area contributed by atoms with Crippen LogP contribution in [0, 0.1) is 0 Å². The lowest BCUT2D eigenvalue weighted by atomic mass is 10.0. The van der Waals surface area contributed by atoms with Crippen molar-refractivity contribution in [3.8, 4) is 0 Å². The predicted octanol–water partition coefficient (Wildman–Crippen LogP) is 2.05. The Morgan fingerprint density at radius 3 is 2.70 bits per heavy atom. The van der Waals surface area contributed by atoms with Gasteiger partial charge in [-0.05, 0) is 65.0 Å². The standard InChI is InChI=1S/C18H32N2O3/c1-15(23-14-17-8-2-5-12-22-17)18(21)20-11-6-7-16(13-20)19-9-3-4-10-19/h15-17H,2-14H2,1H3/t15-,16-,17+/m0/s1. The van der Waals surface area contributed by atoms with Gasteiger partial charge in [0.05, 0.1) is 12.7 Å². The third-order valence-electron chi connectivity index (χ3n) is 5.52. The molecule has 132 valence electrons. The lowest BCUT2D eigenvalue weighted by Crippen LogP contribution is -2.51. The van der Waals surface area contributed by atoms with Gasteiger partial charge in [0.25, 0.3) is 5.91 Å². The first kappa shape index (κ1) is 17.2. The molecule has 3 fully saturated rings. The van der Waals surface area contributed by atoms with Crippen molar-refractivity contribution in [2.45, 2.75) is 70.1 Å². The molecule has 3 rings (SSSR count). The van der Waals surface area contributed by atoms with Gasteiger partial charge >= 0.3 is 0 Å². The van der Waals surface area contributed by atoms with Crippen molar-refractivity contribution in [2.75, 3.05) is 39.4 Å². The van der Waals surface area contributed by atoms with Crippen molar-refractivity contribution in [1.29, 1.82) is 0 Å². The van der Waals surface area contributed by atoms with Crippen LogP contribution in [0.5, 0.6) is 0 Å². The summed E-state index contributed by atoms with van der Waals surface area (Å²) in [6, 6.07) is 0.559. The first-order valence-electron chi connectivity index (χ1n) is 9.50. The van der Waals surface area contributed by atoms with E-state index in [1.54, 1.807) is 0 Å². The predicted molar refractivity (Wildman–Crippen MR) is 89.4 cm³/mol. The topological polar surface area (TPSA) is 42.0 Å². The minimum atomic E-state index is -0.349. The molecule has 0 unspecified atom stereocenters. The summed E-state index contributed by atoms with van der Waals surface area (Å²) in [5, 5.41) is 0. The van der Waals surface area contributed by atoms with Gasteiger partial charge in [-0.2, -0.15) is 0 Å². The number of amides is 1. The highest BCUT2D eigenvalue weighted by atomic mass is 16.5. The fraction of sp³-hybridized carbons (Fsp3) is 0.944.